The summed E-state index contributed by atoms with van der Waals surface area (Å²) in [6, 6.07) is 10.4. The van der Waals surface area contributed by atoms with Crippen molar-refractivity contribution >= 4 is 23.6 Å². The summed E-state index contributed by atoms with van der Waals surface area (Å²) in [4.78, 5) is 32.3. The zero-order valence-corrected chi connectivity index (χ0v) is 19.6. The van der Waals surface area contributed by atoms with E-state index in [0.717, 1.165) is 57.7 Å². The summed E-state index contributed by atoms with van der Waals surface area (Å²) in [6.45, 7) is 10.8. The van der Waals surface area contributed by atoms with Gasteiger partial charge >= 0.3 is 0 Å². The third kappa shape index (κ3) is 6.74. The molecule has 166 valence electrons. The Morgan fingerprint density at radius 1 is 1.07 bits per heavy atom. The molecule has 6 heteroatoms. The third-order valence-corrected chi connectivity index (χ3v) is 6.86. The number of hydrogen-bond acceptors (Lipinski definition) is 4. The zero-order chi connectivity index (χ0) is 21.6. The van der Waals surface area contributed by atoms with Gasteiger partial charge in [-0.05, 0) is 43.3 Å². The van der Waals surface area contributed by atoms with Crippen molar-refractivity contribution in [2.45, 2.75) is 52.5 Å². The van der Waals surface area contributed by atoms with E-state index in [0.29, 0.717) is 12.3 Å². The predicted octanol–water partition coefficient (Wildman–Crippen LogP) is 3.49. The Hall–Kier alpha value is -1.53. The molecule has 1 atom stereocenters. The van der Waals surface area contributed by atoms with Gasteiger partial charge in [-0.3, -0.25) is 9.59 Å². The molecular formula is C24H37N3O2S. The quantitative estimate of drug-likeness (QED) is 0.692. The standard InChI is InChI=1S/C24H37N3O2S/c1-24(2,3)17-22(28)27-19-30-18-21(27)23(29)26-14-8-13-25(15-16-26)12-7-11-20-9-5-4-6-10-20/h4-6,9-10,21H,7-8,11-19H2,1-3H3. The summed E-state index contributed by atoms with van der Waals surface area (Å²) in [5, 5.41) is 0. The number of rotatable bonds is 6. The molecular weight excluding hydrogens is 394 g/mol. The molecule has 0 saturated carbocycles. The van der Waals surface area contributed by atoms with Crippen molar-refractivity contribution < 1.29 is 9.59 Å². The van der Waals surface area contributed by atoms with Crippen LogP contribution in [-0.4, -0.2) is 76.9 Å². The molecule has 0 bridgehead atoms. The van der Waals surface area contributed by atoms with E-state index in [1.165, 1.54) is 5.56 Å². The van der Waals surface area contributed by atoms with Crippen LogP contribution in [0.5, 0.6) is 0 Å². The van der Waals surface area contributed by atoms with Crippen molar-refractivity contribution in [3.8, 4) is 0 Å². The average molecular weight is 432 g/mol. The first-order valence-corrected chi connectivity index (χ1v) is 12.4. The summed E-state index contributed by atoms with van der Waals surface area (Å²) in [5.41, 5.74) is 1.34. The second kappa shape index (κ2) is 10.7. The normalized spacial score (nSPS) is 21.0. The second-order valence-corrected chi connectivity index (χ2v) is 10.7. The molecule has 5 nitrogen and oxygen atoms in total. The van der Waals surface area contributed by atoms with E-state index in [1.54, 1.807) is 11.8 Å². The first-order valence-electron chi connectivity index (χ1n) is 11.3. The van der Waals surface area contributed by atoms with E-state index in [9.17, 15) is 9.59 Å². The third-order valence-electron chi connectivity index (χ3n) is 5.85. The fourth-order valence-corrected chi connectivity index (χ4v) is 5.40. The molecule has 1 aromatic carbocycles. The number of amides is 2. The van der Waals surface area contributed by atoms with Crippen LogP contribution in [0, 0.1) is 5.41 Å². The molecule has 3 rings (SSSR count). The van der Waals surface area contributed by atoms with Gasteiger partial charge in [0.1, 0.15) is 6.04 Å². The summed E-state index contributed by atoms with van der Waals surface area (Å²) in [5.74, 6) is 1.63. The van der Waals surface area contributed by atoms with Gasteiger partial charge in [0.15, 0.2) is 0 Å². The van der Waals surface area contributed by atoms with Gasteiger partial charge in [0.2, 0.25) is 11.8 Å². The lowest BCUT2D eigenvalue weighted by molar-refractivity contribution is -0.144. The Morgan fingerprint density at radius 2 is 1.83 bits per heavy atom. The topological polar surface area (TPSA) is 43.9 Å². The highest BCUT2D eigenvalue weighted by atomic mass is 32.2. The molecule has 2 fully saturated rings. The molecule has 2 aliphatic rings. The highest BCUT2D eigenvalue weighted by Gasteiger charge is 2.38. The minimum Gasteiger partial charge on any atom is -0.340 e. The summed E-state index contributed by atoms with van der Waals surface area (Å²) in [7, 11) is 0. The SMILES string of the molecule is CC(C)(C)CC(=O)N1CSCC1C(=O)N1CCCN(CCCc2ccccc2)CC1. The van der Waals surface area contributed by atoms with Gasteiger partial charge in [0, 0.05) is 31.8 Å². The largest absolute Gasteiger partial charge is 0.340 e. The molecule has 1 aromatic rings. The summed E-state index contributed by atoms with van der Waals surface area (Å²) in [6.07, 6.45) is 3.75. The predicted molar refractivity (Wildman–Crippen MR) is 124 cm³/mol. The molecule has 2 aliphatic heterocycles. The van der Waals surface area contributed by atoms with Crippen LogP contribution in [0.25, 0.3) is 0 Å². The summed E-state index contributed by atoms with van der Waals surface area (Å²) >= 11 is 1.70. The van der Waals surface area contributed by atoms with Crippen LogP contribution in [0.2, 0.25) is 0 Å². The van der Waals surface area contributed by atoms with Gasteiger partial charge in [0.25, 0.3) is 0 Å². The van der Waals surface area contributed by atoms with Gasteiger partial charge in [-0.1, -0.05) is 51.1 Å². The first-order chi connectivity index (χ1) is 14.3. The van der Waals surface area contributed by atoms with Gasteiger partial charge < -0.3 is 14.7 Å². The van der Waals surface area contributed by atoms with Crippen molar-refractivity contribution in [2.24, 2.45) is 5.41 Å². The van der Waals surface area contributed by atoms with E-state index < -0.39 is 0 Å². The van der Waals surface area contributed by atoms with Gasteiger partial charge in [-0.15, -0.1) is 11.8 Å². The minimum atomic E-state index is -0.283. The number of thioether (sulfide) groups is 1. The Balaban J connectivity index is 1.48. The lowest BCUT2D eigenvalue weighted by atomic mass is 9.91. The lowest BCUT2D eigenvalue weighted by Crippen LogP contribution is -2.50. The van der Waals surface area contributed by atoms with Crippen LogP contribution >= 0.6 is 11.8 Å². The first kappa shape index (κ1) is 23.1. The monoisotopic (exact) mass is 431 g/mol. The molecule has 2 saturated heterocycles. The molecule has 2 amide bonds. The van der Waals surface area contributed by atoms with Crippen LogP contribution in [0.3, 0.4) is 0 Å². The number of aryl methyl sites for hydroxylation is 1. The fraction of sp³-hybridized carbons (Fsp3) is 0.667. The van der Waals surface area contributed by atoms with Crippen molar-refractivity contribution in [3.63, 3.8) is 0 Å². The number of benzene rings is 1. The van der Waals surface area contributed by atoms with Crippen molar-refractivity contribution in [1.82, 2.24) is 14.7 Å². The molecule has 0 aromatic heterocycles. The number of carbonyl (C=O) groups is 2. The maximum Gasteiger partial charge on any atom is 0.246 e. The molecule has 0 N–H and O–H groups in total. The van der Waals surface area contributed by atoms with Crippen LogP contribution in [-0.2, 0) is 16.0 Å². The molecule has 1 unspecified atom stereocenters. The number of nitrogens with zero attached hydrogens (tertiary/aromatic N) is 3. The Morgan fingerprint density at radius 3 is 2.57 bits per heavy atom. The van der Waals surface area contributed by atoms with Crippen LogP contribution in [0.1, 0.15) is 45.6 Å². The summed E-state index contributed by atoms with van der Waals surface area (Å²) < 4.78 is 0. The Bertz CT molecular complexity index is 704. The number of carbonyl (C=O) groups excluding carboxylic acids is 2. The molecule has 0 radical (unpaired) electrons. The van der Waals surface area contributed by atoms with Crippen LogP contribution < -0.4 is 0 Å². The van der Waals surface area contributed by atoms with Gasteiger partial charge in [-0.25, -0.2) is 0 Å². The number of hydrogen-bond donors (Lipinski definition) is 0. The van der Waals surface area contributed by atoms with Crippen LogP contribution in [0.15, 0.2) is 30.3 Å². The maximum atomic E-state index is 13.2. The van der Waals surface area contributed by atoms with E-state index >= 15 is 0 Å². The average Bonchev–Trinajstić information content (AvgIpc) is 3.07. The van der Waals surface area contributed by atoms with E-state index in [2.05, 4.69) is 56.0 Å². The molecule has 0 spiro atoms. The fourth-order valence-electron chi connectivity index (χ4n) is 4.23. The second-order valence-electron chi connectivity index (χ2n) is 9.73. The highest BCUT2D eigenvalue weighted by Crippen LogP contribution is 2.27. The lowest BCUT2D eigenvalue weighted by Gasteiger charge is -2.30. The van der Waals surface area contributed by atoms with Crippen molar-refractivity contribution in [1.29, 1.82) is 0 Å². The molecule has 2 heterocycles. The van der Waals surface area contributed by atoms with Gasteiger partial charge in [0.05, 0.1) is 5.88 Å². The van der Waals surface area contributed by atoms with Crippen molar-refractivity contribution in [3.05, 3.63) is 35.9 Å². The molecule has 0 aliphatic carbocycles. The smallest absolute Gasteiger partial charge is 0.246 e. The van der Waals surface area contributed by atoms with E-state index in [4.69, 9.17) is 0 Å². The van der Waals surface area contributed by atoms with E-state index in [1.807, 2.05) is 9.80 Å². The van der Waals surface area contributed by atoms with Crippen molar-refractivity contribution in [2.75, 3.05) is 44.4 Å². The Labute approximate surface area is 186 Å². The van der Waals surface area contributed by atoms with E-state index in [-0.39, 0.29) is 23.3 Å². The molecule has 30 heavy (non-hydrogen) atoms. The minimum absolute atomic E-state index is 0.0548. The zero-order valence-electron chi connectivity index (χ0n) is 18.8. The Kier molecular flexibility index (Phi) is 8.23. The van der Waals surface area contributed by atoms with Gasteiger partial charge in [-0.2, -0.15) is 0 Å². The highest BCUT2D eigenvalue weighted by molar-refractivity contribution is 7.99. The van der Waals surface area contributed by atoms with Crippen LogP contribution in [0.4, 0.5) is 0 Å². The maximum absolute atomic E-state index is 13.2.